The number of aliphatic carboxylic acids is 1. The predicted octanol–water partition coefficient (Wildman–Crippen LogP) is 1.69. The summed E-state index contributed by atoms with van der Waals surface area (Å²) in [5.41, 5.74) is 5.34. The standard InChI is InChI=1S/C8H17IN2O.C2HF3O2/c9-7-8(12)11-6-4-2-1-3-5-10;3-2(4,5)1(6)7/h1-7,10H2,(H,11,12);(H,6,7). The number of halogens is 4. The lowest BCUT2D eigenvalue weighted by molar-refractivity contribution is -0.192. The number of carbonyl (C=O) groups excluding carboxylic acids is 1. The third-order valence-corrected chi connectivity index (χ3v) is 2.51. The summed E-state index contributed by atoms with van der Waals surface area (Å²) in [5.74, 6) is -2.62. The van der Waals surface area contributed by atoms with Gasteiger partial charge in [-0.25, -0.2) is 4.79 Å². The Kier molecular flexibility index (Phi) is 13.6. The summed E-state index contributed by atoms with van der Waals surface area (Å²) in [6.45, 7) is 1.59. The largest absolute Gasteiger partial charge is 0.490 e. The minimum atomic E-state index is -5.08. The van der Waals surface area contributed by atoms with Gasteiger partial charge in [-0.2, -0.15) is 13.2 Å². The molecule has 0 atom stereocenters. The second-order valence-electron chi connectivity index (χ2n) is 3.49. The lowest BCUT2D eigenvalue weighted by Gasteiger charge is -2.01. The van der Waals surface area contributed by atoms with E-state index in [2.05, 4.69) is 27.9 Å². The van der Waals surface area contributed by atoms with Crippen LogP contribution in [0.15, 0.2) is 0 Å². The highest BCUT2D eigenvalue weighted by Crippen LogP contribution is 2.13. The van der Waals surface area contributed by atoms with Gasteiger partial charge in [0.2, 0.25) is 5.91 Å². The van der Waals surface area contributed by atoms with E-state index in [0.717, 1.165) is 25.9 Å². The number of carboxylic acid groups (broad SMARTS) is 1. The molecule has 4 N–H and O–H groups in total. The fraction of sp³-hybridized carbons (Fsp3) is 0.800. The van der Waals surface area contributed by atoms with E-state index in [0.29, 0.717) is 4.43 Å². The highest BCUT2D eigenvalue weighted by molar-refractivity contribution is 14.1. The molecule has 0 radical (unpaired) electrons. The third-order valence-electron chi connectivity index (χ3n) is 1.82. The van der Waals surface area contributed by atoms with Crippen LogP contribution >= 0.6 is 22.6 Å². The van der Waals surface area contributed by atoms with Crippen LogP contribution in [-0.2, 0) is 9.59 Å². The van der Waals surface area contributed by atoms with Gasteiger partial charge in [0.05, 0.1) is 4.43 Å². The number of nitrogens with two attached hydrogens (primary N) is 1. The molecule has 0 fully saturated rings. The van der Waals surface area contributed by atoms with Gasteiger partial charge in [0.15, 0.2) is 0 Å². The molecule has 0 saturated heterocycles. The number of unbranched alkanes of at least 4 members (excludes halogenated alkanes) is 3. The first-order valence-electron chi connectivity index (χ1n) is 5.58. The summed E-state index contributed by atoms with van der Waals surface area (Å²) < 4.78 is 32.3. The molecule has 0 aliphatic rings. The number of alkyl halides is 4. The lowest BCUT2D eigenvalue weighted by Crippen LogP contribution is -2.25. The molecular weight excluding hydrogens is 380 g/mol. The maximum absolute atomic E-state index is 10.8. The minimum absolute atomic E-state index is 0.134. The topological polar surface area (TPSA) is 92.4 Å². The second-order valence-corrected chi connectivity index (χ2v) is 4.25. The van der Waals surface area contributed by atoms with Crippen molar-refractivity contribution in [1.82, 2.24) is 5.32 Å². The Bertz CT molecular complexity index is 263. The molecule has 0 aliphatic heterocycles. The van der Waals surface area contributed by atoms with Crippen molar-refractivity contribution in [3.63, 3.8) is 0 Å². The molecule has 0 saturated carbocycles. The minimum Gasteiger partial charge on any atom is -0.475 e. The van der Waals surface area contributed by atoms with Crippen molar-refractivity contribution in [1.29, 1.82) is 0 Å². The van der Waals surface area contributed by atoms with Gasteiger partial charge in [-0.3, -0.25) is 4.79 Å². The van der Waals surface area contributed by atoms with Crippen LogP contribution in [0, 0.1) is 0 Å². The number of carboxylic acids is 1. The average Bonchev–Trinajstić information content (AvgIpc) is 2.32. The zero-order chi connectivity index (χ0) is 15.3. The van der Waals surface area contributed by atoms with Crippen LogP contribution in [0.3, 0.4) is 0 Å². The molecule has 1 amide bonds. The van der Waals surface area contributed by atoms with Crippen molar-refractivity contribution in [3.05, 3.63) is 0 Å². The molecule has 5 nitrogen and oxygen atoms in total. The van der Waals surface area contributed by atoms with Crippen molar-refractivity contribution >= 4 is 34.5 Å². The van der Waals surface area contributed by atoms with E-state index in [1.165, 1.54) is 12.8 Å². The molecule has 0 spiro atoms. The number of carbonyl (C=O) groups is 2. The van der Waals surface area contributed by atoms with Gasteiger partial charge in [0.1, 0.15) is 0 Å². The number of hydrogen-bond acceptors (Lipinski definition) is 3. The molecular formula is C10H18F3IN2O3. The summed E-state index contributed by atoms with van der Waals surface area (Å²) >= 11 is 2.06. The Morgan fingerprint density at radius 1 is 1.16 bits per heavy atom. The molecule has 0 bridgehead atoms. The monoisotopic (exact) mass is 398 g/mol. The number of rotatable bonds is 7. The van der Waals surface area contributed by atoms with Gasteiger partial charge < -0.3 is 16.2 Å². The SMILES string of the molecule is NCCCCCCNC(=O)CI.O=C(O)C(F)(F)F. The molecule has 9 heteroatoms. The maximum atomic E-state index is 10.8. The summed E-state index contributed by atoms with van der Waals surface area (Å²) in [6.07, 6.45) is -0.571. The first-order valence-corrected chi connectivity index (χ1v) is 7.11. The Balaban J connectivity index is 0. The van der Waals surface area contributed by atoms with Gasteiger partial charge in [0, 0.05) is 6.54 Å². The van der Waals surface area contributed by atoms with E-state index < -0.39 is 12.1 Å². The maximum Gasteiger partial charge on any atom is 0.490 e. The molecule has 0 unspecified atom stereocenters. The van der Waals surface area contributed by atoms with E-state index in [-0.39, 0.29) is 5.91 Å². The van der Waals surface area contributed by atoms with Crippen molar-refractivity contribution in [2.45, 2.75) is 31.9 Å². The van der Waals surface area contributed by atoms with E-state index in [1.807, 2.05) is 0 Å². The Labute approximate surface area is 123 Å². The molecule has 0 aromatic carbocycles. The number of hydrogen-bond donors (Lipinski definition) is 3. The number of nitrogens with one attached hydrogen (secondary N) is 1. The number of amides is 1. The molecule has 0 aromatic heterocycles. The van der Waals surface area contributed by atoms with Crippen LogP contribution in [0.1, 0.15) is 25.7 Å². The molecule has 0 aliphatic carbocycles. The second kappa shape index (κ2) is 12.5. The fourth-order valence-corrected chi connectivity index (χ4v) is 1.17. The van der Waals surface area contributed by atoms with Gasteiger partial charge in [-0.1, -0.05) is 35.4 Å². The average molecular weight is 398 g/mol. The highest BCUT2D eigenvalue weighted by atomic mass is 127. The van der Waals surface area contributed by atoms with E-state index in [9.17, 15) is 18.0 Å². The Morgan fingerprint density at radius 2 is 1.63 bits per heavy atom. The summed E-state index contributed by atoms with van der Waals surface area (Å²) in [7, 11) is 0. The summed E-state index contributed by atoms with van der Waals surface area (Å²) in [5, 5.41) is 9.96. The van der Waals surface area contributed by atoms with Gasteiger partial charge in [-0.05, 0) is 19.4 Å². The quantitative estimate of drug-likeness (QED) is 0.346. The summed E-state index contributed by atoms with van der Waals surface area (Å²) in [4.78, 5) is 19.7. The van der Waals surface area contributed by atoms with E-state index in [1.54, 1.807) is 0 Å². The van der Waals surface area contributed by atoms with Crippen LogP contribution < -0.4 is 11.1 Å². The van der Waals surface area contributed by atoms with Gasteiger partial charge >= 0.3 is 12.1 Å². The van der Waals surface area contributed by atoms with Crippen molar-refractivity contribution in [2.24, 2.45) is 5.73 Å². The van der Waals surface area contributed by atoms with Crippen molar-refractivity contribution in [3.8, 4) is 0 Å². The lowest BCUT2D eigenvalue weighted by atomic mass is 10.2. The van der Waals surface area contributed by atoms with E-state index >= 15 is 0 Å². The van der Waals surface area contributed by atoms with Gasteiger partial charge in [-0.15, -0.1) is 0 Å². The van der Waals surface area contributed by atoms with Crippen LogP contribution in [0.4, 0.5) is 13.2 Å². The van der Waals surface area contributed by atoms with Crippen LogP contribution in [0.25, 0.3) is 0 Å². The first kappa shape index (κ1) is 20.7. The third kappa shape index (κ3) is 17.4. The van der Waals surface area contributed by atoms with Crippen LogP contribution in [-0.4, -0.2) is 40.7 Å². The van der Waals surface area contributed by atoms with Crippen molar-refractivity contribution < 1.29 is 27.9 Å². The normalized spacial score (nSPS) is 10.4. The van der Waals surface area contributed by atoms with E-state index in [4.69, 9.17) is 15.6 Å². The molecule has 0 heterocycles. The zero-order valence-corrected chi connectivity index (χ0v) is 12.5. The highest BCUT2D eigenvalue weighted by Gasteiger charge is 2.38. The van der Waals surface area contributed by atoms with Crippen LogP contribution in [0.5, 0.6) is 0 Å². The predicted molar refractivity (Wildman–Crippen MR) is 73.1 cm³/mol. The smallest absolute Gasteiger partial charge is 0.475 e. The van der Waals surface area contributed by atoms with Crippen molar-refractivity contribution in [2.75, 3.05) is 17.5 Å². The molecule has 0 rings (SSSR count). The fourth-order valence-electron chi connectivity index (χ4n) is 0.898. The Morgan fingerprint density at radius 3 is 2.00 bits per heavy atom. The molecule has 0 aromatic rings. The van der Waals surface area contributed by atoms with Crippen LogP contribution in [0.2, 0.25) is 0 Å². The summed E-state index contributed by atoms with van der Waals surface area (Å²) in [6, 6.07) is 0. The first-order chi connectivity index (χ1) is 8.75. The Hall–Kier alpha value is -0.580. The zero-order valence-electron chi connectivity index (χ0n) is 10.3. The molecule has 19 heavy (non-hydrogen) atoms. The molecule has 114 valence electrons. The van der Waals surface area contributed by atoms with Gasteiger partial charge in [0.25, 0.3) is 0 Å².